The summed E-state index contributed by atoms with van der Waals surface area (Å²) in [5.41, 5.74) is -0.0362. The third-order valence-electron chi connectivity index (χ3n) is 2.16. The topological polar surface area (TPSA) is 116 Å². The fourth-order valence-corrected chi connectivity index (χ4v) is 1.45. The van der Waals surface area contributed by atoms with E-state index in [0.717, 1.165) is 10.6 Å². The smallest absolute Gasteiger partial charge is 0.420 e. The number of nitro groups is 1. The third-order valence-corrected chi connectivity index (χ3v) is 2.16. The number of carbonyl (C=O) groups is 1. The number of carboxylic acid groups (broad SMARTS) is 1. The molecule has 0 aliphatic rings. The number of nitrogens with zero attached hydrogens (tertiary/aromatic N) is 2. The summed E-state index contributed by atoms with van der Waals surface area (Å²) in [4.78, 5) is 31.8. The molecular formula is C9H6N2O6. The maximum atomic E-state index is 11.3. The lowest BCUT2D eigenvalue weighted by atomic mass is 10.3. The monoisotopic (exact) mass is 238 g/mol. The molecule has 0 unspecified atom stereocenters. The fourth-order valence-electron chi connectivity index (χ4n) is 1.45. The zero-order valence-electron chi connectivity index (χ0n) is 8.32. The quantitative estimate of drug-likeness (QED) is 0.617. The van der Waals surface area contributed by atoms with E-state index in [9.17, 15) is 19.7 Å². The number of hydrogen-bond acceptors (Lipinski definition) is 5. The minimum Gasteiger partial charge on any atom is -0.480 e. The second-order valence-electron chi connectivity index (χ2n) is 3.26. The molecule has 0 radical (unpaired) electrons. The van der Waals surface area contributed by atoms with Gasteiger partial charge in [-0.2, -0.15) is 0 Å². The molecule has 1 aromatic carbocycles. The summed E-state index contributed by atoms with van der Waals surface area (Å²) in [5, 5.41) is 19.2. The highest BCUT2D eigenvalue weighted by Gasteiger charge is 2.15. The highest BCUT2D eigenvalue weighted by Crippen LogP contribution is 2.19. The normalized spacial score (nSPS) is 10.6. The molecule has 2 rings (SSSR count). The standard InChI is InChI=1S/C9H6N2O6/c12-8(13)4-10-6-3-5(11(15)16)1-2-7(6)17-9(10)14/h1-3H,4H2,(H,12,13). The minimum absolute atomic E-state index is 0.0894. The summed E-state index contributed by atoms with van der Waals surface area (Å²) < 4.78 is 5.58. The molecule has 2 aromatic rings. The number of aromatic nitrogens is 1. The van der Waals surface area contributed by atoms with E-state index in [-0.39, 0.29) is 16.8 Å². The van der Waals surface area contributed by atoms with Crippen molar-refractivity contribution in [3.8, 4) is 0 Å². The van der Waals surface area contributed by atoms with Gasteiger partial charge in [0.15, 0.2) is 5.58 Å². The van der Waals surface area contributed by atoms with Crippen molar-refractivity contribution in [2.75, 3.05) is 0 Å². The van der Waals surface area contributed by atoms with Crippen LogP contribution in [0.15, 0.2) is 27.4 Å². The number of hydrogen-bond donors (Lipinski definition) is 1. The molecule has 1 heterocycles. The van der Waals surface area contributed by atoms with Crippen LogP contribution >= 0.6 is 0 Å². The lowest BCUT2D eigenvalue weighted by Gasteiger charge is -1.96. The van der Waals surface area contributed by atoms with E-state index in [1.165, 1.54) is 12.1 Å². The summed E-state index contributed by atoms with van der Waals surface area (Å²) >= 11 is 0. The number of fused-ring (bicyclic) bond motifs is 1. The zero-order valence-corrected chi connectivity index (χ0v) is 8.32. The lowest BCUT2D eigenvalue weighted by molar-refractivity contribution is -0.384. The number of benzene rings is 1. The number of aliphatic carboxylic acids is 1. The molecule has 0 saturated carbocycles. The Bertz CT molecular complexity index is 668. The molecule has 1 aromatic heterocycles. The Morgan fingerprint density at radius 1 is 1.53 bits per heavy atom. The average Bonchev–Trinajstić information content (AvgIpc) is 2.54. The number of rotatable bonds is 3. The summed E-state index contributed by atoms with van der Waals surface area (Å²) in [6.45, 7) is -0.604. The van der Waals surface area contributed by atoms with Crippen LogP contribution in [0.25, 0.3) is 11.1 Å². The van der Waals surface area contributed by atoms with E-state index in [2.05, 4.69) is 0 Å². The Kier molecular flexibility index (Phi) is 2.39. The molecular weight excluding hydrogens is 232 g/mol. The molecule has 0 bridgehead atoms. The van der Waals surface area contributed by atoms with Gasteiger partial charge in [-0.25, -0.2) is 4.79 Å². The highest BCUT2D eigenvalue weighted by atomic mass is 16.6. The van der Waals surface area contributed by atoms with Gasteiger partial charge in [-0.05, 0) is 6.07 Å². The molecule has 0 atom stereocenters. The van der Waals surface area contributed by atoms with Crippen LogP contribution in [0.4, 0.5) is 5.69 Å². The second kappa shape index (κ2) is 3.74. The van der Waals surface area contributed by atoms with Gasteiger partial charge >= 0.3 is 11.7 Å². The van der Waals surface area contributed by atoms with Crippen LogP contribution in [0.1, 0.15) is 0 Å². The molecule has 0 fully saturated rings. The van der Waals surface area contributed by atoms with Gasteiger partial charge in [0, 0.05) is 12.1 Å². The van der Waals surface area contributed by atoms with Gasteiger partial charge in [-0.15, -0.1) is 0 Å². The number of oxazole rings is 1. The largest absolute Gasteiger partial charge is 0.480 e. The first-order valence-corrected chi connectivity index (χ1v) is 4.48. The van der Waals surface area contributed by atoms with Crippen molar-refractivity contribution in [1.82, 2.24) is 4.57 Å². The van der Waals surface area contributed by atoms with E-state index in [1.807, 2.05) is 0 Å². The lowest BCUT2D eigenvalue weighted by Crippen LogP contribution is -2.19. The maximum Gasteiger partial charge on any atom is 0.420 e. The summed E-state index contributed by atoms with van der Waals surface area (Å²) in [7, 11) is 0. The number of carboxylic acids is 1. The Labute approximate surface area is 92.8 Å². The summed E-state index contributed by atoms with van der Waals surface area (Å²) in [6, 6.07) is 3.53. The van der Waals surface area contributed by atoms with Crippen molar-refractivity contribution in [3.05, 3.63) is 38.9 Å². The van der Waals surface area contributed by atoms with Crippen LogP contribution in [0.3, 0.4) is 0 Å². The fraction of sp³-hybridized carbons (Fsp3) is 0.111. The van der Waals surface area contributed by atoms with Gasteiger partial charge in [-0.1, -0.05) is 0 Å². The summed E-state index contributed by atoms with van der Waals surface area (Å²) in [6.07, 6.45) is 0. The van der Waals surface area contributed by atoms with Gasteiger partial charge in [-0.3, -0.25) is 19.5 Å². The second-order valence-corrected chi connectivity index (χ2v) is 3.26. The first-order valence-electron chi connectivity index (χ1n) is 4.48. The van der Waals surface area contributed by atoms with E-state index < -0.39 is 23.2 Å². The van der Waals surface area contributed by atoms with Crippen LogP contribution in [0, 0.1) is 10.1 Å². The minimum atomic E-state index is -1.23. The number of nitro benzene ring substituents is 1. The zero-order chi connectivity index (χ0) is 12.6. The molecule has 0 aliphatic carbocycles. The molecule has 0 amide bonds. The Morgan fingerprint density at radius 2 is 2.24 bits per heavy atom. The van der Waals surface area contributed by atoms with Crippen LogP contribution < -0.4 is 5.76 Å². The van der Waals surface area contributed by atoms with Crippen LogP contribution in [0.5, 0.6) is 0 Å². The SMILES string of the molecule is O=C(O)Cn1c(=O)oc2ccc([N+](=O)[O-])cc21. The Morgan fingerprint density at radius 3 is 2.82 bits per heavy atom. The van der Waals surface area contributed by atoms with Crippen molar-refractivity contribution in [3.63, 3.8) is 0 Å². The average molecular weight is 238 g/mol. The van der Waals surface area contributed by atoms with Crippen molar-refractivity contribution >= 4 is 22.8 Å². The van der Waals surface area contributed by atoms with Gasteiger partial charge in [0.2, 0.25) is 0 Å². The van der Waals surface area contributed by atoms with Crippen LogP contribution in [-0.4, -0.2) is 20.6 Å². The van der Waals surface area contributed by atoms with Gasteiger partial charge in [0.25, 0.3) is 5.69 Å². The molecule has 0 aliphatic heterocycles. The molecule has 1 N–H and O–H groups in total. The first kappa shape index (κ1) is 10.9. The highest BCUT2D eigenvalue weighted by molar-refractivity contribution is 5.78. The third kappa shape index (κ3) is 1.87. The van der Waals surface area contributed by atoms with Crippen LogP contribution in [0.2, 0.25) is 0 Å². The van der Waals surface area contributed by atoms with E-state index >= 15 is 0 Å². The van der Waals surface area contributed by atoms with Crippen molar-refractivity contribution < 1.29 is 19.2 Å². The predicted octanol–water partition coefficient (Wildman–Crippen LogP) is 0.587. The predicted molar refractivity (Wildman–Crippen MR) is 54.8 cm³/mol. The van der Waals surface area contributed by atoms with Gasteiger partial charge in [0.1, 0.15) is 6.54 Å². The molecule has 8 heteroatoms. The van der Waals surface area contributed by atoms with Crippen molar-refractivity contribution in [2.24, 2.45) is 0 Å². The Hall–Kier alpha value is -2.64. The Balaban J connectivity index is 2.69. The van der Waals surface area contributed by atoms with Crippen molar-refractivity contribution in [2.45, 2.75) is 6.54 Å². The molecule has 0 saturated heterocycles. The van der Waals surface area contributed by atoms with E-state index in [1.54, 1.807) is 0 Å². The van der Waals surface area contributed by atoms with E-state index in [4.69, 9.17) is 9.52 Å². The van der Waals surface area contributed by atoms with Gasteiger partial charge in [0.05, 0.1) is 10.4 Å². The van der Waals surface area contributed by atoms with Crippen molar-refractivity contribution in [1.29, 1.82) is 0 Å². The molecule has 0 spiro atoms. The number of non-ortho nitro benzene ring substituents is 1. The first-order chi connectivity index (χ1) is 7.99. The summed E-state index contributed by atoms with van der Waals surface area (Å²) in [5.74, 6) is -2.09. The van der Waals surface area contributed by atoms with E-state index in [0.29, 0.717) is 0 Å². The van der Waals surface area contributed by atoms with Gasteiger partial charge < -0.3 is 9.52 Å². The molecule has 8 nitrogen and oxygen atoms in total. The molecule has 17 heavy (non-hydrogen) atoms. The molecule has 88 valence electrons. The van der Waals surface area contributed by atoms with Crippen LogP contribution in [-0.2, 0) is 11.3 Å². The maximum absolute atomic E-state index is 11.3.